The monoisotopic (exact) mass is 365 g/mol. The molecule has 1 atom stereocenters. The molecule has 27 heavy (non-hydrogen) atoms. The quantitative estimate of drug-likeness (QED) is 0.700. The molecule has 2 heterocycles. The lowest BCUT2D eigenvalue weighted by atomic mass is 10.0. The molecule has 0 spiro atoms. The van der Waals surface area contributed by atoms with Crippen molar-refractivity contribution in [3.8, 4) is 0 Å². The Morgan fingerprint density at radius 3 is 2.56 bits per heavy atom. The zero-order valence-electron chi connectivity index (χ0n) is 16.0. The zero-order chi connectivity index (χ0) is 18.6. The molecule has 1 unspecified atom stereocenters. The summed E-state index contributed by atoms with van der Waals surface area (Å²) < 4.78 is 11.5. The second-order valence-corrected chi connectivity index (χ2v) is 7.42. The second kappa shape index (κ2) is 8.11. The smallest absolute Gasteiger partial charge is 0.296 e. The van der Waals surface area contributed by atoms with Gasteiger partial charge in [-0.1, -0.05) is 50.2 Å². The molecule has 1 fully saturated rings. The molecule has 1 aliphatic heterocycles. The highest BCUT2D eigenvalue weighted by molar-refractivity contribution is 5.75. The summed E-state index contributed by atoms with van der Waals surface area (Å²) in [6.07, 6.45) is 0. The van der Waals surface area contributed by atoms with Gasteiger partial charge in [0.05, 0.1) is 19.3 Å². The number of oxazole rings is 1. The number of nitrogens with one attached hydrogen (secondary N) is 1. The van der Waals surface area contributed by atoms with Crippen LogP contribution in [0.3, 0.4) is 0 Å². The molecule has 1 aliphatic rings. The van der Waals surface area contributed by atoms with Crippen molar-refractivity contribution < 1.29 is 9.15 Å². The van der Waals surface area contributed by atoms with Gasteiger partial charge in [-0.25, -0.2) is 0 Å². The van der Waals surface area contributed by atoms with Crippen LogP contribution in [0.25, 0.3) is 11.1 Å². The zero-order valence-corrected chi connectivity index (χ0v) is 16.0. The summed E-state index contributed by atoms with van der Waals surface area (Å²) in [6.45, 7) is 8.77. The van der Waals surface area contributed by atoms with Crippen molar-refractivity contribution in [2.24, 2.45) is 0 Å². The van der Waals surface area contributed by atoms with Crippen molar-refractivity contribution in [1.82, 2.24) is 9.88 Å². The maximum Gasteiger partial charge on any atom is 0.296 e. The predicted octanol–water partition coefficient (Wildman–Crippen LogP) is 4.44. The molecule has 4 rings (SSSR count). The lowest BCUT2D eigenvalue weighted by Gasteiger charge is -2.30. The number of rotatable bonds is 6. The van der Waals surface area contributed by atoms with E-state index in [1.807, 2.05) is 12.1 Å². The Bertz CT molecular complexity index is 870. The molecule has 3 aromatic rings. The number of fused-ring (bicyclic) bond motifs is 1. The van der Waals surface area contributed by atoms with Crippen LogP contribution < -0.4 is 5.32 Å². The van der Waals surface area contributed by atoms with E-state index in [0.29, 0.717) is 11.9 Å². The molecule has 1 N–H and O–H groups in total. The number of hydrogen-bond donors (Lipinski definition) is 1. The molecule has 1 saturated heterocycles. The van der Waals surface area contributed by atoms with Crippen molar-refractivity contribution >= 4 is 17.1 Å². The molecule has 0 radical (unpaired) electrons. The summed E-state index contributed by atoms with van der Waals surface area (Å²) in [7, 11) is 0. The average molecular weight is 365 g/mol. The Balaban J connectivity index is 1.57. The number of aromatic nitrogens is 1. The molecule has 142 valence electrons. The maximum absolute atomic E-state index is 5.98. The van der Waals surface area contributed by atoms with E-state index >= 15 is 0 Å². The van der Waals surface area contributed by atoms with Gasteiger partial charge in [0.15, 0.2) is 5.58 Å². The molecule has 0 aliphatic carbocycles. The first-order chi connectivity index (χ1) is 13.2. The van der Waals surface area contributed by atoms with Gasteiger partial charge in [0.25, 0.3) is 6.01 Å². The minimum absolute atomic E-state index is 0.113. The number of hydrogen-bond acceptors (Lipinski definition) is 5. The van der Waals surface area contributed by atoms with E-state index in [1.54, 1.807) is 0 Å². The number of morpholine rings is 1. The molecule has 0 saturated carbocycles. The highest BCUT2D eigenvalue weighted by Crippen LogP contribution is 2.26. The Kier molecular flexibility index (Phi) is 5.41. The minimum Gasteiger partial charge on any atom is -0.424 e. The first-order valence-electron chi connectivity index (χ1n) is 9.71. The van der Waals surface area contributed by atoms with E-state index in [2.05, 4.69) is 60.5 Å². The van der Waals surface area contributed by atoms with Crippen LogP contribution >= 0.6 is 0 Å². The molecular weight excluding hydrogens is 338 g/mol. The molecule has 0 amide bonds. The first-order valence-corrected chi connectivity index (χ1v) is 9.71. The third kappa shape index (κ3) is 4.31. The Hall–Kier alpha value is -2.37. The van der Waals surface area contributed by atoms with E-state index in [1.165, 1.54) is 11.1 Å². The molecule has 2 aromatic carbocycles. The third-order valence-corrected chi connectivity index (χ3v) is 5.12. The van der Waals surface area contributed by atoms with Gasteiger partial charge in [-0.05, 0) is 29.2 Å². The van der Waals surface area contributed by atoms with Crippen molar-refractivity contribution in [2.75, 3.05) is 38.2 Å². The van der Waals surface area contributed by atoms with Crippen LogP contribution in [0.15, 0.2) is 52.9 Å². The fraction of sp³-hybridized carbons (Fsp3) is 0.409. The molecule has 5 heteroatoms. The fourth-order valence-corrected chi connectivity index (χ4v) is 3.48. The summed E-state index contributed by atoms with van der Waals surface area (Å²) in [5.41, 5.74) is 4.23. The predicted molar refractivity (Wildman–Crippen MR) is 108 cm³/mol. The fourth-order valence-electron chi connectivity index (χ4n) is 3.48. The van der Waals surface area contributed by atoms with Gasteiger partial charge < -0.3 is 14.5 Å². The highest BCUT2D eigenvalue weighted by Gasteiger charge is 2.20. The van der Waals surface area contributed by atoms with Crippen LogP contribution in [0.5, 0.6) is 0 Å². The Labute approximate surface area is 160 Å². The second-order valence-electron chi connectivity index (χ2n) is 7.42. The molecule has 1 aromatic heterocycles. The van der Waals surface area contributed by atoms with Crippen molar-refractivity contribution in [1.29, 1.82) is 0 Å². The van der Waals surface area contributed by atoms with Gasteiger partial charge in [0, 0.05) is 19.6 Å². The van der Waals surface area contributed by atoms with Crippen LogP contribution in [-0.2, 0) is 4.74 Å². The van der Waals surface area contributed by atoms with Crippen molar-refractivity contribution in [2.45, 2.75) is 25.8 Å². The number of anilines is 1. The van der Waals surface area contributed by atoms with E-state index in [4.69, 9.17) is 14.1 Å². The van der Waals surface area contributed by atoms with Crippen molar-refractivity contribution in [3.05, 3.63) is 59.7 Å². The maximum atomic E-state index is 5.98. The SMILES string of the molecule is CC(C)c1ccc2oc(NC(CN3CCOCC3)c3ccccc3)nc2c1. The Morgan fingerprint density at radius 1 is 1.04 bits per heavy atom. The first kappa shape index (κ1) is 18.0. The summed E-state index contributed by atoms with van der Waals surface area (Å²) in [6, 6.07) is 17.4. The van der Waals surface area contributed by atoms with Crippen LogP contribution in [0.4, 0.5) is 6.01 Å². The summed E-state index contributed by atoms with van der Waals surface area (Å²) in [5, 5.41) is 3.52. The van der Waals surface area contributed by atoms with Gasteiger partial charge >= 0.3 is 0 Å². The van der Waals surface area contributed by atoms with Crippen LogP contribution in [0.1, 0.15) is 36.9 Å². The molecular formula is C22H27N3O2. The minimum atomic E-state index is 0.113. The molecule has 0 bridgehead atoms. The van der Waals surface area contributed by atoms with E-state index in [9.17, 15) is 0 Å². The average Bonchev–Trinajstić information content (AvgIpc) is 3.10. The Morgan fingerprint density at radius 2 is 1.81 bits per heavy atom. The normalized spacial score (nSPS) is 16.7. The lowest BCUT2D eigenvalue weighted by molar-refractivity contribution is 0.0360. The highest BCUT2D eigenvalue weighted by atomic mass is 16.5. The van der Waals surface area contributed by atoms with Crippen LogP contribution in [-0.4, -0.2) is 42.7 Å². The van der Waals surface area contributed by atoms with Gasteiger partial charge in [-0.3, -0.25) is 4.90 Å². The topological polar surface area (TPSA) is 50.5 Å². The van der Waals surface area contributed by atoms with E-state index in [0.717, 1.165) is 43.9 Å². The van der Waals surface area contributed by atoms with Gasteiger partial charge in [-0.2, -0.15) is 4.98 Å². The summed E-state index contributed by atoms with van der Waals surface area (Å²) in [5.74, 6) is 0.473. The summed E-state index contributed by atoms with van der Waals surface area (Å²) in [4.78, 5) is 7.12. The van der Waals surface area contributed by atoms with E-state index < -0.39 is 0 Å². The molecule has 5 nitrogen and oxygen atoms in total. The third-order valence-electron chi connectivity index (χ3n) is 5.12. The van der Waals surface area contributed by atoms with Crippen molar-refractivity contribution in [3.63, 3.8) is 0 Å². The standard InChI is InChI=1S/C22H27N3O2/c1-16(2)18-8-9-21-19(14-18)23-22(27-21)24-20(17-6-4-3-5-7-17)15-25-10-12-26-13-11-25/h3-9,14,16,20H,10-13,15H2,1-2H3,(H,23,24). The number of benzene rings is 2. The van der Waals surface area contributed by atoms with E-state index in [-0.39, 0.29) is 6.04 Å². The van der Waals surface area contributed by atoms with Gasteiger partial charge in [-0.15, -0.1) is 0 Å². The number of nitrogens with zero attached hydrogens (tertiary/aromatic N) is 2. The largest absolute Gasteiger partial charge is 0.424 e. The van der Waals surface area contributed by atoms with Crippen LogP contribution in [0, 0.1) is 0 Å². The van der Waals surface area contributed by atoms with Gasteiger partial charge in [0.2, 0.25) is 0 Å². The number of ether oxygens (including phenoxy) is 1. The summed E-state index contributed by atoms with van der Waals surface area (Å²) >= 11 is 0. The lowest BCUT2D eigenvalue weighted by Crippen LogP contribution is -2.40. The van der Waals surface area contributed by atoms with Crippen LogP contribution in [0.2, 0.25) is 0 Å². The van der Waals surface area contributed by atoms with Gasteiger partial charge in [0.1, 0.15) is 5.52 Å².